The summed E-state index contributed by atoms with van der Waals surface area (Å²) in [7, 11) is -1.66. The number of hydrogen-bond acceptors (Lipinski definition) is 2. The Labute approximate surface area is 150 Å². The van der Waals surface area contributed by atoms with Crippen molar-refractivity contribution >= 4 is 8.32 Å². The average molecular weight is 348 g/mol. The van der Waals surface area contributed by atoms with Crippen molar-refractivity contribution in [1.29, 1.82) is 0 Å². The number of aryl methyl sites for hydroxylation is 1. The van der Waals surface area contributed by atoms with Crippen molar-refractivity contribution in [3.8, 4) is 0 Å². The third-order valence-electron chi connectivity index (χ3n) is 4.87. The van der Waals surface area contributed by atoms with Gasteiger partial charge in [0.1, 0.15) is 0 Å². The maximum absolute atomic E-state index is 6.32. The third-order valence-corrected chi connectivity index (χ3v) is 9.44. The minimum atomic E-state index is -1.66. The van der Waals surface area contributed by atoms with E-state index in [4.69, 9.17) is 4.43 Å². The molecule has 0 saturated carbocycles. The van der Waals surface area contributed by atoms with Crippen LogP contribution in [0, 0.1) is 0 Å². The van der Waals surface area contributed by atoms with Gasteiger partial charge >= 0.3 is 0 Å². The lowest BCUT2D eigenvalue weighted by atomic mass is 10.1. The zero-order valence-corrected chi connectivity index (χ0v) is 17.6. The maximum atomic E-state index is 6.32. The Morgan fingerprint density at radius 2 is 1.79 bits per heavy atom. The molecule has 0 aromatic heterocycles. The fourth-order valence-electron chi connectivity index (χ4n) is 2.35. The van der Waals surface area contributed by atoms with Crippen LogP contribution in [0.25, 0.3) is 0 Å². The van der Waals surface area contributed by atoms with Gasteiger partial charge in [-0.2, -0.15) is 0 Å². The molecule has 1 unspecified atom stereocenters. The van der Waals surface area contributed by atoms with Crippen LogP contribution in [0.3, 0.4) is 0 Å². The second kappa shape index (κ2) is 10.2. The van der Waals surface area contributed by atoms with E-state index < -0.39 is 8.32 Å². The Kier molecular flexibility index (Phi) is 8.96. The summed E-state index contributed by atoms with van der Waals surface area (Å²) < 4.78 is 6.32. The molecule has 1 atom stereocenters. The van der Waals surface area contributed by atoms with Crippen molar-refractivity contribution in [3.05, 3.63) is 48.0 Å². The minimum absolute atomic E-state index is 0.200. The molecule has 0 aliphatic carbocycles. The standard InChI is InChI=1S/C21H37NOSi/c1-19(23-24(5,6)21(2,3)4)13-12-18-22-17-11-10-16-20-14-8-7-9-15-20/h7-9,12-15,19,22H,10-11,16-18H2,1-6H3. The summed E-state index contributed by atoms with van der Waals surface area (Å²) in [6.07, 6.45) is 8.23. The topological polar surface area (TPSA) is 21.3 Å². The molecule has 0 fully saturated rings. The molecule has 0 saturated heterocycles. The maximum Gasteiger partial charge on any atom is 0.192 e. The van der Waals surface area contributed by atoms with Crippen molar-refractivity contribution in [2.75, 3.05) is 13.1 Å². The molecule has 136 valence electrons. The molecule has 1 aromatic rings. The zero-order chi connectivity index (χ0) is 18.1. The molecule has 0 radical (unpaired) electrons. The lowest BCUT2D eigenvalue weighted by Gasteiger charge is -2.37. The molecule has 0 aliphatic rings. The lowest BCUT2D eigenvalue weighted by molar-refractivity contribution is 0.243. The number of unbranched alkanes of at least 4 members (excludes halogenated alkanes) is 1. The average Bonchev–Trinajstić information content (AvgIpc) is 2.49. The van der Waals surface area contributed by atoms with Gasteiger partial charge < -0.3 is 9.74 Å². The number of rotatable bonds is 10. The highest BCUT2D eigenvalue weighted by atomic mass is 28.4. The van der Waals surface area contributed by atoms with E-state index in [0.717, 1.165) is 13.1 Å². The van der Waals surface area contributed by atoms with E-state index in [0.29, 0.717) is 0 Å². The molecule has 1 N–H and O–H groups in total. The van der Waals surface area contributed by atoms with Gasteiger partial charge in [0.15, 0.2) is 8.32 Å². The van der Waals surface area contributed by atoms with Crippen LogP contribution in [0.5, 0.6) is 0 Å². The van der Waals surface area contributed by atoms with Crippen LogP contribution in [0.15, 0.2) is 42.5 Å². The Bertz CT molecular complexity index is 476. The predicted octanol–water partition coefficient (Wildman–Crippen LogP) is 5.57. The molecule has 0 bridgehead atoms. The van der Waals surface area contributed by atoms with Gasteiger partial charge in [-0.05, 0) is 56.4 Å². The van der Waals surface area contributed by atoms with Crippen LogP contribution < -0.4 is 5.32 Å². The highest BCUT2D eigenvalue weighted by Gasteiger charge is 2.37. The van der Waals surface area contributed by atoms with Crippen LogP contribution in [0.1, 0.15) is 46.1 Å². The van der Waals surface area contributed by atoms with E-state index in [1.807, 2.05) is 0 Å². The molecule has 2 nitrogen and oxygen atoms in total. The van der Waals surface area contributed by atoms with Crippen molar-refractivity contribution < 1.29 is 4.43 Å². The van der Waals surface area contributed by atoms with Gasteiger partial charge in [0, 0.05) is 6.54 Å². The molecule has 3 heteroatoms. The molecule has 1 rings (SSSR count). The van der Waals surface area contributed by atoms with Crippen molar-refractivity contribution in [2.45, 2.75) is 71.2 Å². The Balaban J connectivity index is 2.11. The first kappa shape index (κ1) is 21.1. The smallest absolute Gasteiger partial charge is 0.192 e. The highest BCUT2D eigenvalue weighted by Crippen LogP contribution is 2.37. The predicted molar refractivity (Wildman–Crippen MR) is 109 cm³/mol. The van der Waals surface area contributed by atoms with E-state index in [1.54, 1.807) is 0 Å². The summed E-state index contributed by atoms with van der Waals surface area (Å²) >= 11 is 0. The van der Waals surface area contributed by atoms with Gasteiger partial charge in [-0.1, -0.05) is 63.3 Å². The summed E-state index contributed by atoms with van der Waals surface area (Å²) in [5.74, 6) is 0. The lowest BCUT2D eigenvalue weighted by Crippen LogP contribution is -2.42. The number of hydrogen-bond donors (Lipinski definition) is 1. The van der Waals surface area contributed by atoms with Gasteiger partial charge in [-0.3, -0.25) is 0 Å². The fraction of sp³-hybridized carbons (Fsp3) is 0.619. The normalized spacial score (nSPS) is 14.2. The van der Waals surface area contributed by atoms with E-state index in [-0.39, 0.29) is 11.1 Å². The first-order valence-electron chi connectivity index (χ1n) is 9.31. The van der Waals surface area contributed by atoms with Crippen LogP contribution in [0.2, 0.25) is 18.1 Å². The first-order chi connectivity index (χ1) is 11.2. The molecule has 1 aromatic carbocycles. The molecule has 0 spiro atoms. The largest absolute Gasteiger partial charge is 0.411 e. The SMILES string of the molecule is CC(C=CCNCCCCc1ccccc1)O[Si](C)(C)C(C)(C)C. The molecule has 0 aliphatic heterocycles. The molecule has 0 amide bonds. The molecule has 0 heterocycles. The van der Waals surface area contributed by atoms with E-state index in [1.165, 1.54) is 24.8 Å². The van der Waals surface area contributed by atoms with Gasteiger partial charge in [0.2, 0.25) is 0 Å². The number of nitrogens with one attached hydrogen (secondary N) is 1. The summed E-state index contributed by atoms with van der Waals surface area (Å²) in [6.45, 7) is 15.6. The molecular formula is C21H37NOSi. The Morgan fingerprint density at radius 3 is 2.42 bits per heavy atom. The zero-order valence-electron chi connectivity index (χ0n) is 16.6. The van der Waals surface area contributed by atoms with Gasteiger partial charge in [-0.15, -0.1) is 0 Å². The third kappa shape index (κ3) is 8.27. The van der Waals surface area contributed by atoms with Crippen LogP contribution >= 0.6 is 0 Å². The van der Waals surface area contributed by atoms with Gasteiger partial charge in [0.05, 0.1) is 6.10 Å². The van der Waals surface area contributed by atoms with E-state index in [2.05, 4.69) is 88.6 Å². The molecule has 24 heavy (non-hydrogen) atoms. The monoisotopic (exact) mass is 347 g/mol. The van der Waals surface area contributed by atoms with Gasteiger partial charge in [-0.25, -0.2) is 0 Å². The summed E-state index contributed by atoms with van der Waals surface area (Å²) in [5, 5.41) is 3.76. The van der Waals surface area contributed by atoms with E-state index in [9.17, 15) is 0 Å². The summed E-state index contributed by atoms with van der Waals surface area (Å²) in [6, 6.07) is 10.7. The van der Waals surface area contributed by atoms with Crippen LogP contribution in [-0.4, -0.2) is 27.5 Å². The highest BCUT2D eigenvalue weighted by molar-refractivity contribution is 6.74. The Morgan fingerprint density at radius 1 is 1.12 bits per heavy atom. The van der Waals surface area contributed by atoms with Crippen molar-refractivity contribution in [1.82, 2.24) is 5.32 Å². The summed E-state index contributed by atoms with van der Waals surface area (Å²) in [5.41, 5.74) is 1.44. The number of benzene rings is 1. The minimum Gasteiger partial charge on any atom is -0.411 e. The quantitative estimate of drug-likeness (QED) is 0.339. The second-order valence-electron chi connectivity index (χ2n) is 8.16. The molecular weight excluding hydrogens is 310 g/mol. The Hall–Kier alpha value is -0.903. The summed E-state index contributed by atoms with van der Waals surface area (Å²) in [4.78, 5) is 0. The van der Waals surface area contributed by atoms with Gasteiger partial charge in [0.25, 0.3) is 0 Å². The van der Waals surface area contributed by atoms with Crippen LogP contribution in [-0.2, 0) is 10.8 Å². The van der Waals surface area contributed by atoms with E-state index >= 15 is 0 Å². The second-order valence-corrected chi connectivity index (χ2v) is 12.9. The first-order valence-corrected chi connectivity index (χ1v) is 12.2. The van der Waals surface area contributed by atoms with Crippen molar-refractivity contribution in [3.63, 3.8) is 0 Å². The fourth-order valence-corrected chi connectivity index (χ4v) is 3.71. The van der Waals surface area contributed by atoms with Crippen molar-refractivity contribution in [2.24, 2.45) is 0 Å². The van der Waals surface area contributed by atoms with Crippen LogP contribution in [0.4, 0.5) is 0 Å².